The zero-order chi connectivity index (χ0) is 45.6. The number of benzene rings is 2. The van der Waals surface area contributed by atoms with Crippen LogP contribution in [0.5, 0.6) is 11.5 Å². The van der Waals surface area contributed by atoms with E-state index >= 15 is 0 Å². The molecule has 2 aromatic carbocycles. The third-order valence-electron chi connectivity index (χ3n) is 9.30. The van der Waals surface area contributed by atoms with Crippen molar-refractivity contribution in [2.75, 3.05) is 14.2 Å². The molecule has 1 heterocycles. The minimum absolute atomic E-state index is 0.0252. The monoisotopic (exact) mass is 855 g/mol. The van der Waals surface area contributed by atoms with Crippen LogP contribution in [0.25, 0.3) is 0 Å². The molecule has 0 saturated carbocycles. The van der Waals surface area contributed by atoms with Gasteiger partial charge in [0.2, 0.25) is 11.8 Å². The number of nitrogens with zero attached hydrogens (tertiary/aromatic N) is 3. The van der Waals surface area contributed by atoms with Gasteiger partial charge >= 0.3 is 0 Å². The summed E-state index contributed by atoms with van der Waals surface area (Å²) in [6, 6.07) is 14.4. The van der Waals surface area contributed by atoms with Crippen molar-refractivity contribution in [3.8, 4) is 11.5 Å². The van der Waals surface area contributed by atoms with Crippen LogP contribution in [0.15, 0.2) is 76.9 Å². The van der Waals surface area contributed by atoms with Crippen LogP contribution < -0.4 is 41.6 Å². The molecule has 3 rings (SSSR count). The van der Waals surface area contributed by atoms with E-state index in [2.05, 4.69) is 47.3 Å². The van der Waals surface area contributed by atoms with Crippen molar-refractivity contribution in [1.29, 1.82) is 0 Å². The lowest BCUT2D eigenvalue weighted by atomic mass is 10.0. The number of rotatable bonds is 24. The predicted molar refractivity (Wildman–Crippen MR) is 237 cm³/mol. The second kappa shape index (κ2) is 25.9. The molecule has 17 heteroatoms. The van der Waals surface area contributed by atoms with E-state index in [1.807, 2.05) is 41.5 Å². The summed E-state index contributed by atoms with van der Waals surface area (Å²) in [6.45, 7) is 11.3. The topological polar surface area (TPSA) is 231 Å². The van der Waals surface area contributed by atoms with Crippen LogP contribution in [0.4, 0.5) is 0 Å². The van der Waals surface area contributed by atoms with E-state index in [1.54, 1.807) is 62.8 Å². The van der Waals surface area contributed by atoms with Crippen LogP contribution in [-0.2, 0) is 19.2 Å². The highest BCUT2D eigenvalue weighted by atomic mass is 16.5. The summed E-state index contributed by atoms with van der Waals surface area (Å²) < 4.78 is 10.3. The Bertz CT molecular complexity index is 1860. The molecule has 334 valence electrons. The Kier molecular flexibility index (Phi) is 20.7. The van der Waals surface area contributed by atoms with Gasteiger partial charge in [-0.3, -0.25) is 28.8 Å². The van der Waals surface area contributed by atoms with E-state index in [4.69, 9.17) is 9.47 Å². The lowest BCUT2D eigenvalue weighted by molar-refractivity contribution is -0.130. The normalized spacial score (nSPS) is 13.2. The number of aromatic nitrogens is 1. The summed E-state index contributed by atoms with van der Waals surface area (Å²) in [5, 5.41) is 19.0. The molecule has 1 aromatic heterocycles. The molecule has 6 amide bonds. The highest BCUT2D eigenvalue weighted by molar-refractivity contribution is 6.00. The highest BCUT2D eigenvalue weighted by Crippen LogP contribution is 2.13. The van der Waals surface area contributed by atoms with Crippen molar-refractivity contribution in [3.63, 3.8) is 0 Å². The zero-order valence-corrected chi connectivity index (χ0v) is 36.8. The molecule has 0 bridgehead atoms. The summed E-state index contributed by atoms with van der Waals surface area (Å²) in [5.41, 5.74) is 6.12. The van der Waals surface area contributed by atoms with Crippen LogP contribution in [0.2, 0.25) is 0 Å². The second-order valence-corrected chi connectivity index (χ2v) is 15.4. The SMILES string of the molecule is CCCC(NC(=O)[C@H](CC(C)C)NC(=O)c1cccc(C(=O)N[C@H](CC(C)C)C(=O)NC(CCC)C(=O)N/N=C/c2ccc(OC)cc2)n1)C(=O)N/N=C/c1ccc(OC)cc1. The molecule has 3 aromatic rings. The van der Waals surface area contributed by atoms with Crippen LogP contribution >= 0.6 is 0 Å². The molecule has 62 heavy (non-hydrogen) atoms. The summed E-state index contributed by atoms with van der Waals surface area (Å²) >= 11 is 0. The molecule has 0 aliphatic carbocycles. The second-order valence-electron chi connectivity index (χ2n) is 15.4. The minimum Gasteiger partial charge on any atom is -0.497 e. The number of hydrogen-bond donors (Lipinski definition) is 6. The highest BCUT2D eigenvalue weighted by Gasteiger charge is 2.30. The maximum atomic E-state index is 13.6. The summed E-state index contributed by atoms with van der Waals surface area (Å²) in [5.74, 6) is -2.34. The smallest absolute Gasteiger partial charge is 0.270 e. The summed E-state index contributed by atoms with van der Waals surface area (Å²) in [6.07, 6.45) is 5.22. The molecule has 0 aliphatic heterocycles. The first kappa shape index (κ1) is 49.7. The van der Waals surface area contributed by atoms with Gasteiger partial charge in [-0.15, -0.1) is 0 Å². The Morgan fingerprint density at radius 2 is 0.919 bits per heavy atom. The Labute approximate surface area is 363 Å². The van der Waals surface area contributed by atoms with Gasteiger partial charge in [0.1, 0.15) is 47.1 Å². The molecule has 0 radical (unpaired) electrons. The van der Waals surface area contributed by atoms with Gasteiger partial charge in [0.05, 0.1) is 26.6 Å². The minimum atomic E-state index is -1.04. The summed E-state index contributed by atoms with van der Waals surface area (Å²) in [4.78, 5) is 84.8. The van der Waals surface area contributed by atoms with Gasteiger partial charge in [0.15, 0.2) is 0 Å². The van der Waals surface area contributed by atoms with Gasteiger partial charge in [-0.05, 0) is 109 Å². The molecule has 0 aliphatic rings. The number of nitrogens with one attached hydrogen (secondary N) is 6. The van der Waals surface area contributed by atoms with Crippen LogP contribution in [0.1, 0.15) is 112 Å². The van der Waals surface area contributed by atoms with Crippen molar-refractivity contribution in [2.45, 2.75) is 104 Å². The van der Waals surface area contributed by atoms with E-state index in [-0.39, 0.29) is 36.1 Å². The maximum absolute atomic E-state index is 13.6. The van der Waals surface area contributed by atoms with E-state index in [0.29, 0.717) is 37.2 Å². The van der Waals surface area contributed by atoms with Crippen LogP contribution in [0.3, 0.4) is 0 Å². The fourth-order valence-corrected chi connectivity index (χ4v) is 6.09. The number of carbonyl (C=O) groups excluding carboxylic acids is 6. The van der Waals surface area contributed by atoms with Crippen molar-refractivity contribution < 1.29 is 38.2 Å². The van der Waals surface area contributed by atoms with Crippen LogP contribution in [0, 0.1) is 11.8 Å². The Balaban J connectivity index is 1.68. The zero-order valence-electron chi connectivity index (χ0n) is 36.8. The van der Waals surface area contributed by atoms with Gasteiger partial charge in [-0.25, -0.2) is 15.8 Å². The average Bonchev–Trinajstić information content (AvgIpc) is 3.25. The number of hydrogen-bond acceptors (Lipinski definition) is 11. The number of ether oxygens (including phenoxy) is 2. The third-order valence-corrected chi connectivity index (χ3v) is 9.30. The number of amides is 6. The number of hydrazone groups is 2. The van der Waals surface area contributed by atoms with E-state index in [1.165, 1.54) is 30.6 Å². The Morgan fingerprint density at radius 1 is 0.548 bits per heavy atom. The molecule has 0 fully saturated rings. The van der Waals surface area contributed by atoms with E-state index in [0.717, 1.165) is 11.1 Å². The molecule has 4 atom stereocenters. The van der Waals surface area contributed by atoms with Crippen molar-refractivity contribution in [3.05, 3.63) is 89.2 Å². The number of carbonyl (C=O) groups is 6. The fraction of sp³-hybridized carbons (Fsp3) is 0.444. The van der Waals surface area contributed by atoms with Gasteiger partial charge in [0.25, 0.3) is 23.6 Å². The third kappa shape index (κ3) is 16.8. The molecular formula is C45H61N9O8. The molecule has 6 N–H and O–H groups in total. The summed E-state index contributed by atoms with van der Waals surface area (Å²) in [7, 11) is 3.12. The predicted octanol–water partition coefficient (Wildman–Crippen LogP) is 4.26. The molecule has 2 unspecified atom stereocenters. The van der Waals surface area contributed by atoms with E-state index < -0.39 is 59.6 Å². The number of pyridine rings is 1. The van der Waals surface area contributed by atoms with Gasteiger partial charge in [-0.2, -0.15) is 10.2 Å². The fourth-order valence-electron chi connectivity index (χ4n) is 6.09. The number of methoxy groups -OCH3 is 2. The molecule has 0 saturated heterocycles. The quantitative estimate of drug-likeness (QED) is 0.0558. The van der Waals surface area contributed by atoms with Gasteiger partial charge < -0.3 is 30.7 Å². The van der Waals surface area contributed by atoms with Gasteiger partial charge in [-0.1, -0.05) is 60.5 Å². The average molecular weight is 856 g/mol. The van der Waals surface area contributed by atoms with E-state index in [9.17, 15) is 28.8 Å². The van der Waals surface area contributed by atoms with Crippen molar-refractivity contribution in [2.24, 2.45) is 22.0 Å². The lowest BCUT2D eigenvalue weighted by Crippen LogP contribution is -2.54. The first-order valence-electron chi connectivity index (χ1n) is 20.8. The van der Waals surface area contributed by atoms with Crippen molar-refractivity contribution >= 4 is 47.9 Å². The van der Waals surface area contributed by atoms with Gasteiger partial charge in [0, 0.05) is 0 Å². The largest absolute Gasteiger partial charge is 0.497 e. The van der Waals surface area contributed by atoms with Crippen LogP contribution in [-0.4, -0.2) is 91.2 Å². The first-order chi connectivity index (χ1) is 29.7. The Hall–Kier alpha value is -6.65. The Morgan fingerprint density at radius 3 is 1.24 bits per heavy atom. The molecular weight excluding hydrogens is 795 g/mol. The molecule has 17 nitrogen and oxygen atoms in total. The maximum Gasteiger partial charge on any atom is 0.270 e. The molecule has 0 spiro atoms. The standard InChI is InChI=1S/C45H61N9O8/c1-9-12-34(44(59)53-46-26-30-16-20-32(61-7)21-17-30)49-42(57)38(24-28(3)4)51-40(55)36-14-11-15-37(48-36)41(56)52-39(25-29(5)6)43(58)50-35(13-10-2)45(60)54-47-27-31-18-22-33(62-8)23-19-31/h11,14-23,26-29,34-35,38-39H,9-10,12-13,24-25H2,1-8H3,(H,49,57)(H,50,58)(H,51,55)(H,52,56)(H,53,59)(H,54,60)/b46-26+,47-27+/t34?,35?,38-,39+. The first-order valence-corrected chi connectivity index (χ1v) is 20.8. The lowest BCUT2D eigenvalue weighted by Gasteiger charge is -2.24. The van der Waals surface area contributed by atoms with Crippen molar-refractivity contribution in [1.82, 2.24) is 37.1 Å².